The Morgan fingerprint density at radius 2 is 2.14 bits per heavy atom. The third-order valence-electron chi connectivity index (χ3n) is 3.22. The Balaban J connectivity index is 1.80. The van der Waals surface area contributed by atoms with Crippen molar-refractivity contribution in [2.75, 3.05) is 6.54 Å². The number of amides is 1. The summed E-state index contributed by atoms with van der Waals surface area (Å²) in [4.78, 5) is 27.7. The molecule has 1 amide bonds. The molecule has 0 aliphatic carbocycles. The van der Waals surface area contributed by atoms with Gasteiger partial charge in [-0.25, -0.2) is 0 Å². The van der Waals surface area contributed by atoms with Crippen molar-refractivity contribution in [1.82, 2.24) is 5.32 Å². The molecule has 2 atom stereocenters. The van der Waals surface area contributed by atoms with Crippen LogP contribution in [-0.2, 0) is 14.4 Å². The van der Waals surface area contributed by atoms with E-state index in [-0.39, 0.29) is 18.2 Å². The van der Waals surface area contributed by atoms with E-state index in [1.54, 1.807) is 6.92 Å². The summed E-state index contributed by atoms with van der Waals surface area (Å²) in [7, 11) is 0. The highest BCUT2D eigenvalue weighted by atomic mass is 16.6. The fourth-order valence-electron chi connectivity index (χ4n) is 2.08. The Morgan fingerprint density at radius 1 is 1.43 bits per heavy atom. The van der Waals surface area contributed by atoms with Gasteiger partial charge in [-0.05, 0) is 11.5 Å². The minimum Gasteiger partial charge on any atom is -0.481 e. The molecule has 6 nitrogen and oxygen atoms in total. The van der Waals surface area contributed by atoms with E-state index in [2.05, 4.69) is 10.5 Å². The number of rotatable bonds is 6. The van der Waals surface area contributed by atoms with Crippen LogP contribution in [0.1, 0.15) is 25.3 Å². The summed E-state index contributed by atoms with van der Waals surface area (Å²) in [5.41, 5.74) is 1.68. The molecule has 112 valence electrons. The van der Waals surface area contributed by atoms with Gasteiger partial charge in [0.15, 0.2) is 0 Å². The molecule has 2 N–H and O–H groups in total. The second kappa shape index (κ2) is 6.88. The number of carboxylic acid groups (broad SMARTS) is 1. The third-order valence-corrected chi connectivity index (χ3v) is 3.22. The normalized spacial score (nSPS) is 18.5. The molecule has 0 fully saturated rings. The lowest BCUT2D eigenvalue weighted by molar-refractivity contribution is -0.138. The maximum atomic E-state index is 12.0. The van der Waals surface area contributed by atoms with Gasteiger partial charge in [0, 0.05) is 19.4 Å². The van der Waals surface area contributed by atoms with Gasteiger partial charge in [-0.3, -0.25) is 9.59 Å². The molecule has 1 aromatic rings. The third kappa shape index (κ3) is 4.30. The lowest BCUT2D eigenvalue weighted by atomic mass is 10.0. The summed E-state index contributed by atoms with van der Waals surface area (Å²) in [6.07, 6.45) is -0.196. The minimum atomic E-state index is -0.872. The standard InChI is InChI=1S/C15H18N2O4/c1-10(7-14(18)19)9-16-15(20)13-8-12(17-21-13)11-5-3-2-4-6-11/h2-6,10,13H,7-9H2,1H3,(H,16,20)(H,18,19). The van der Waals surface area contributed by atoms with Crippen LogP contribution in [0, 0.1) is 5.92 Å². The smallest absolute Gasteiger partial charge is 0.303 e. The molecule has 2 unspecified atom stereocenters. The molecule has 0 bridgehead atoms. The minimum absolute atomic E-state index is 0.0254. The van der Waals surface area contributed by atoms with Crippen LogP contribution in [0.4, 0.5) is 0 Å². The predicted octanol–water partition coefficient (Wildman–Crippen LogP) is 1.41. The molecule has 1 aliphatic heterocycles. The average molecular weight is 290 g/mol. The molecule has 0 saturated heterocycles. The number of carboxylic acids is 1. The molecule has 0 radical (unpaired) electrons. The molecule has 1 aromatic carbocycles. The highest BCUT2D eigenvalue weighted by molar-refractivity contribution is 6.04. The number of benzene rings is 1. The molecular weight excluding hydrogens is 272 g/mol. The first kappa shape index (κ1) is 15.0. The second-order valence-corrected chi connectivity index (χ2v) is 5.15. The van der Waals surface area contributed by atoms with E-state index in [4.69, 9.17) is 9.94 Å². The highest BCUT2D eigenvalue weighted by Crippen LogP contribution is 2.16. The van der Waals surface area contributed by atoms with Gasteiger partial charge in [0.2, 0.25) is 6.10 Å². The Morgan fingerprint density at radius 3 is 2.81 bits per heavy atom. The number of hydrogen-bond acceptors (Lipinski definition) is 4. The Hall–Kier alpha value is -2.37. The summed E-state index contributed by atoms with van der Waals surface area (Å²) in [5, 5.41) is 15.3. The summed E-state index contributed by atoms with van der Waals surface area (Å²) in [5.74, 6) is -1.26. The number of hydrogen-bond donors (Lipinski definition) is 2. The number of nitrogens with one attached hydrogen (secondary N) is 1. The first-order valence-electron chi connectivity index (χ1n) is 6.84. The molecule has 6 heteroatoms. The zero-order valence-corrected chi connectivity index (χ0v) is 11.8. The SMILES string of the molecule is CC(CNC(=O)C1CC(c2ccccc2)=NO1)CC(=O)O. The van der Waals surface area contributed by atoms with Crippen LogP contribution in [0.15, 0.2) is 35.5 Å². The van der Waals surface area contributed by atoms with Crippen molar-refractivity contribution in [2.45, 2.75) is 25.9 Å². The van der Waals surface area contributed by atoms with E-state index in [9.17, 15) is 9.59 Å². The van der Waals surface area contributed by atoms with E-state index < -0.39 is 12.1 Å². The van der Waals surface area contributed by atoms with Gasteiger partial charge in [0.05, 0.1) is 5.71 Å². The fourth-order valence-corrected chi connectivity index (χ4v) is 2.08. The van der Waals surface area contributed by atoms with E-state index >= 15 is 0 Å². The summed E-state index contributed by atoms with van der Waals surface area (Å²) >= 11 is 0. The molecule has 0 spiro atoms. The molecule has 0 saturated carbocycles. The topological polar surface area (TPSA) is 88.0 Å². The Kier molecular flexibility index (Phi) is 4.92. The monoisotopic (exact) mass is 290 g/mol. The van der Waals surface area contributed by atoms with E-state index in [1.807, 2.05) is 30.3 Å². The number of carbonyl (C=O) groups excluding carboxylic acids is 1. The number of aliphatic carboxylic acids is 1. The average Bonchev–Trinajstić information content (AvgIpc) is 2.95. The predicted molar refractivity (Wildman–Crippen MR) is 76.9 cm³/mol. The maximum Gasteiger partial charge on any atom is 0.303 e. The zero-order chi connectivity index (χ0) is 15.2. The summed E-state index contributed by atoms with van der Waals surface area (Å²) < 4.78 is 0. The first-order valence-corrected chi connectivity index (χ1v) is 6.84. The van der Waals surface area contributed by atoms with Gasteiger partial charge in [0.1, 0.15) is 0 Å². The summed E-state index contributed by atoms with van der Waals surface area (Å²) in [6, 6.07) is 9.54. The van der Waals surface area contributed by atoms with Gasteiger partial charge in [0.25, 0.3) is 5.91 Å². The van der Waals surface area contributed by atoms with Crippen molar-refractivity contribution in [3.63, 3.8) is 0 Å². The van der Waals surface area contributed by atoms with Gasteiger partial charge in [-0.15, -0.1) is 0 Å². The van der Waals surface area contributed by atoms with Crippen molar-refractivity contribution < 1.29 is 19.5 Å². The molecular formula is C15H18N2O4. The zero-order valence-electron chi connectivity index (χ0n) is 11.8. The van der Waals surface area contributed by atoms with Crippen molar-refractivity contribution in [1.29, 1.82) is 0 Å². The van der Waals surface area contributed by atoms with Crippen molar-refractivity contribution in [2.24, 2.45) is 11.1 Å². The van der Waals surface area contributed by atoms with Gasteiger partial charge >= 0.3 is 5.97 Å². The molecule has 1 aliphatic rings. The quantitative estimate of drug-likeness (QED) is 0.829. The number of nitrogens with zero attached hydrogens (tertiary/aromatic N) is 1. The molecule has 0 aromatic heterocycles. The Labute approximate surface area is 122 Å². The maximum absolute atomic E-state index is 12.0. The van der Waals surface area contributed by atoms with Gasteiger partial charge < -0.3 is 15.3 Å². The van der Waals surface area contributed by atoms with Gasteiger partial charge in [-0.2, -0.15) is 0 Å². The second-order valence-electron chi connectivity index (χ2n) is 5.15. The molecule has 1 heterocycles. The van der Waals surface area contributed by atoms with Crippen LogP contribution < -0.4 is 5.32 Å². The van der Waals surface area contributed by atoms with Crippen LogP contribution in [0.2, 0.25) is 0 Å². The lowest BCUT2D eigenvalue weighted by Crippen LogP contribution is -2.37. The lowest BCUT2D eigenvalue weighted by Gasteiger charge is -2.12. The highest BCUT2D eigenvalue weighted by Gasteiger charge is 2.28. The molecule has 2 rings (SSSR count). The fraction of sp³-hybridized carbons (Fsp3) is 0.400. The van der Waals surface area contributed by atoms with Crippen LogP contribution in [0.25, 0.3) is 0 Å². The van der Waals surface area contributed by atoms with E-state index in [1.165, 1.54) is 0 Å². The Bertz CT molecular complexity index is 542. The van der Waals surface area contributed by atoms with Crippen LogP contribution >= 0.6 is 0 Å². The van der Waals surface area contributed by atoms with Crippen LogP contribution in [-0.4, -0.2) is 35.3 Å². The van der Waals surface area contributed by atoms with Crippen molar-refractivity contribution >= 4 is 17.6 Å². The van der Waals surface area contributed by atoms with Crippen molar-refractivity contribution in [3.8, 4) is 0 Å². The number of carbonyl (C=O) groups is 2. The van der Waals surface area contributed by atoms with Crippen LogP contribution in [0.3, 0.4) is 0 Å². The van der Waals surface area contributed by atoms with Crippen molar-refractivity contribution in [3.05, 3.63) is 35.9 Å². The number of oxime groups is 1. The first-order chi connectivity index (χ1) is 10.1. The van der Waals surface area contributed by atoms with E-state index in [0.717, 1.165) is 11.3 Å². The summed E-state index contributed by atoms with van der Waals surface area (Å²) in [6.45, 7) is 2.08. The van der Waals surface area contributed by atoms with Gasteiger partial charge in [-0.1, -0.05) is 42.4 Å². The van der Waals surface area contributed by atoms with E-state index in [0.29, 0.717) is 13.0 Å². The van der Waals surface area contributed by atoms with Crippen LogP contribution in [0.5, 0.6) is 0 Å². The largest absolute Gasteiger partial charge is 0.481 e. The molecule has 21 heavy (non-hydrogen) atoms.